The van der Waals surface area contributed by atoms with Crippen LogP contribution in [-0.4, -0.2) is 84.9 Å². The molecule has 79 heavy (non-hydrogen) atoms. The highest BCUT2D eigenvalue weighted by Crippen LogP contribution is 2.38. The van der Waals surface area contributed by atoms with Crippen LogP contribution in [0.4, 0.5) is 35.1 Å². The molecule has 2 aliphatic rings. The number of carbonyl (C=O) groups excluding carboxylic acids is 1. The van der Waals surface area contributed by atoms with Crippen molar-refractivity contribution in [3.05, 3.63) is 174 Å². The predicted molar refractivity (Wildman–Crippen MR) is 293 cm³/mol. The number of halogens is 8. The summed E-state index contributed by atoms with van der Waals surface area (Å²) >= 11 is 8.89. The van der Waals surface area contributed by atoms with Crippen molar-refractivity contribution < 1.29 is 49.8 Å². The number of H-pyrrole nitrogens is 2. The zero-order valence-electron chi connectivity index (χ0n) is 41.4. The third-order valence-corrected chi connectivity index (χ3v) is 16.8. The monoisotopic (exact) mass is 1210 g/mol. The van der Waals surface area contributed by atoms with E-state index in [1.807, 2.05) is 0 Å². The van der Waals surface area contributed by atoms with Gasteiger partial charge in [0.15, 0.2) is 5.82 Å². The van der Waals surface area contributed by atoms with Crippen molar-refractivity contribution in [3.8, 4) is 0 Å². The first kappa shape index (κ1) is 61.4. The second kappa shape index (κ2) is 26.0. The summed E-state index contributed by atoms with van der Waals surface area (Å²) in [5.41, 5.74) is 1.09. The molecule has 4 atom stereocenters. The van der Waals surface area contributed by atoms with Gasteiger partial charge in [0.25, 0.3) is 17.0 Å². The van der Waals surface area contributed by atoms with E-state index < -0.39 is 59.6 Å². The minimum absolute atomic E-state index is 0. The highest BCUT2D eigenvalue weighted by atomic mass is 33.3. The van der Waals surface area contributed by atoms with Crippen molar-refractivity contribution in [1.82, 2.24) is 60.1 Å². The maximum absolute atomic E-state index is 14.8. The lowest BCUT2D eigenvalue weighted by Gasteiger charge is -2.37. The number of hydrogen-bond acceptors (Lipinski definition) is 13. The highest BCUT2D eigenvalue weighted by Gasteiger charge is 2.45. The van der Waals surface area contributed by atoms with Gasteiger partial charge in [-0.2, -0.15) is 50.0 Å². The van der Waals surface area contributed by atoms with Crippen molar-refractivity contribution >= 4 is 95.9 Å². The molecule has 418 valence electrons. The minimum atomic E-state index is -4.69. The summed E-state index contributed by atoms with van der Waals surface area (Å²) in [5, 5.41) is 41.1. The molecule has 0 spiro atoms. The van der Waals surface area contributed by atoms with Gasteiger partial charge in [-0.15, -0.1) is 20.4 Å². The summed E-state index contributed by atoms with van der Waals surface area (Å²) < 4.78 is 108. The van der Waals surface area contributed by atoms with E-state index in [0.29, 0.717) is 56.4 Å². The van der Waals surface area contributed by atoms with Gasteiger partial charge in [-0.25, -0.2) is 23.8 Å². The Labute approximate surface area is 467 Å². The molecule has 4 N–H and O–H groups in total. The molecule has 10 rings (SSSR count). The molecule has 4 aromatic heterocycles. The Kier molecular flexibility index (Phi) is 20.2. The number of carboxylic acid groups (broad SMARTS) is 1. The number of aromatic carboxylic acids is 1. The van der Waals surface area contributed by atoms with Crippen LogP contribution in [0.15, 0.2) is 94.5 Å². The van der Waals surface area contributed by atoms with Gasteiger partial charge in [-0.1, -0.05) is 48.5 Å². The maximum Gasteiger partial charge on any atom is 0.451 e. The smallest absolute Gasteiger partial charge is 0.451 e. The maximum atomic E-state index is 14.8. The van der Waals surface area contributed by atoms with E-state index in [1.54, 1.807) is 62.4 Å². The average Bonchev–Trinajstić information content (AvgIpc) is 4.27. The summed E-state index contributed by atoms with van der Waals surface area (Å²) in [7, 11) is 3.95. The molecule has 0 aliphatic carbocycles. The van der Waals surface area contributed by atoms with E-state index in [-0.39, 0.29) is 73.0 Å². The summed E-state index contributed by atoms with van der Waals surface area (Å²) in [6.07, 6.45) is -8.62. The third-order valence-electron chi connectivity index (χ3n) is 12.4. The fraction of sp³-hybridized carbons (Fsp3) is 0.292. The molecular formula is C48H44F8N12O5S6. The molecule has 1 amide bonds. The molecule has 6 heterocycles. The number of hydrogen-bond donors (Lipinski definition) is 4. The van der Waals surface area contributed by atoms with Crippen molar-refractivity contribution in [2.24, 2.45) is 0 Å². The molecule has 0 fully saturated rings. The Bertz CT molecular complexity index is 3810. The summed E-state index contributed by atoms with van der Waals surface area (Å²) in [4.78, 5) is 49.5. The fourth-order valence-corrected chi connectivity index (χ4v) is 11.5. The van der Waals surface area contributed by atoms with Gasteiger partial charge in [0.2, 0.25) is 11.6 Å². The van der Waals surface area contributed by atoms with Gasteiger partial charge < -0.3 is 24.5 Å². The number of benzene rings is 4. The number of nitrogens with zero attached hydrogens (tertiary/aromatic N) is 9. The van der Waals surface area contributed by atoms with Crippen molar-refractivity contribution in [2.45, 2.75) is 77.1 Å². The zero-order chi connectivity index (χ0) is 56.8. The summed E-state index contributed by atoms with van der Waals surface area (Å²) in [6.45, 7) is 6.95. The zero-order valence-corrected chi connectivity index (χ0v) is 46.5. The van der Waals surface area contributed by atoms with E-state index in [9.17, 15) is 54.3 Å². The Hall–Kier alpha value is -6.77. The van der Waals surface area contributed by atoms with E-state index >= 15 is 0 Å². The fourth-order valence-electron chi connectivity index (χ4n) is 8.75. The molecular weight excluding hydrogens is 1170 g/mol. The molecule has 0 bridgehead atoms. The number of rotatable bonds is 6. The molecule has 2 aliphatic heterocycles. The number of aromatic amines is 2. The van der Waals surface area contributed by atoms with Crippen LogP contribution >= 0.6 is 13.5 Å². The second-order valence-electron chi connectivity index (χ2n) is 17.5. The molecule has 8 aromatic rings. The van der Waals surface area contributed by atoms with Gasteiger partial charge in [0.1, 0.15) is 17.5 Å². The number of alkyl halides is 6. The number of nitrogens with one attached hydrogen (secondary N) is 3. The van der Waals surface area contributed by atoms with Crippen molar-refractivity contribution in [1.29, 1.82) is 0 Å². The number of carboxylic acids is 1. The van der Waals surface area contributed by atoms with Gasteiger partial charge in [0, 0.05) is 91.8 Å². The van der Waals surface area contributed by atoms with Gasteiger partial charge in [-0.3, -0.25) is 14.4 Å². The van der Waals surface area contributed by atoms with Gasteiger partial charge >= 0.3 is 18.3 Å². The topological polar surface area (TPSA) is 223 Å². The van der Waals surface area contributed by atoms with Crippen LogP contribution in [0.5, 0.6) is 0 Å². The Morgan fingerprint density at radius 3 is 1.56 bits per heavy atom. The first-order valence-electron chi connectivity index (χ1n) is 23.0. The number of carbonyl (C=O) groups is 2. The van der Waals surface area contributed by atoms with E-state index in [4.69, 9.17) is 5.11 Å². The molecule has 17 nitrogen and oxygen atoms in total. The summed E-state index contributed by atoms with van der Waals surface area (Å²) in [6, 6.07) is 19.8. The lowest BCUT2D eigenvalue weighted by molar-refractivity contribution is -0.149. The summed E-state index contributed by atoms with van der Waals surface area (Å²) in [5.74, 6) is -5.23. The highest BCUT2D eigenvalue weighted by molar-refractivity contribution is 8.59. The van der Waals surface area contributed by atoms with Crippen LogP contribution in [0.1, 0.15) is 118 Å². The first-order valence-corrected chi connectivity index (χ1v) is 28.3. The number of fused-ring (bicyclic) bond motifs is 4. The van der Waals surface area contributed by atoms with Crippen LogP contribution in [0.2, 0.25) is 0 Å². The molecule has 0 radical (unpaired) electrons. The van der Waals surface area contributed by atoms with Crippen LogP contribution in [0.25, 0.3) is 21.5 Å². The standard InChI is InChI=1S/C24H20F4N6O2.C16H11FN2O3.C8H11F3N4.S5.H2S/c1-12-11-33(13(2)20-30-32-23(34(12)20)24(26,27)28)22(36)17-9-14(7-8-18(17)25)10-19-15-5-3-4-6-16(15)21(35)31-29-19;17-13-6-5-9(7-12(13)16(21)22)8-14-10-3-1-2-4-11(10)15(20)19-18-14;1-4-3-12-5(2)6-13-14-7(15(4)6)8(9,10)11;1-3-5-4-2;/h3-9,12-13H,10-11H2,1-2H3,(H,31,35);1-7H,8H2,(H,19,20)(H,21,22);4-5,12H,3H2,1-2H3;;1H2. The number of aromatic nitrogens is 10. The molecule has 4 aromatic carbocycles. The van der Waals surface area contributed by atoms with Gasteiger partial charge in [0.05, 0.1) is 51.4 Å². The van der Waals surface area contributed by atoms with Crippen LogP contribution in [-0.2, 0) is 74.2 Å². The Morgan fingerprint density at radius 1 is 0.658 bits per heavy atom. The SMILES string of the molecule is CC1NCC(C)n2c1nnc2C(F)(F)F.CC1c2nnc(C(F)(F)F)n2C(C)CN1C(=O)c1cc(Cc2n[nH]c(=O)c3ccccc23)ccc1F.O=C(O)c1cc(Cc2n[nH]c(=O)c3ccccc23)ccc1F.S.S=S=S=S=S. The Balaban J connectivity index is 0.000000199. The lowest BCUT2D eigenvalue weighted by Crippen LogP contribution is -2.44. The van der Waals surface area contributed by atoms with E-state index in [2.05, 4.69) is 68.5 Å². The first-order chi connectivity index (χ1) is 36.9. The van der Waals surface area contributed by atoms with Crippen LogP contribution < -0.4 is 16.4 Å². The minimum Gasteiger partial charge on any atom is -0.478 e. The van der Waals surface area contributed by atoms with Gasteiger partial charge in [-0.05, 0) is 75.2 Å². The normalized spacial score (nSPS) is 16.5. The van der Waals surface area contributed by atoms with Crippen LogP contribution in [0.3, 0.4) is 0 Å². The van der Waals surface area contributed by atoms with Crippen molar-refractivity contribution in [3.63, 3.8) is 0 Å². The second-order valence-corrected chi connectivity index (χ2v) is 22.8. The third kappa shape index (κ3) is 14.0. The Morgan fingerprint density at radius 2 is 1.10 bits per heavy atom. The lowest BCUT2D eigenvalue weighted by atomic mass is 10.0. The van der Waals surface area contributed by atoms with E-state index in [0.717, 1.165) is 10.6 Å². The quantitative estimate of drug-likeness (QED) is 0.116. The molecule has 0 saturated heterocycles. The average molecular weight is 1210 g/mol. The number of amides is 1. The molecule has 0 saturated carbocycles. The van der Waals surface area contributed by atoms with E-state index in [1.165, 1.54) is 80.3 Å². The largest absolute Gasteiger partial charge is 0.478 e. The molecule has 31 heteroatoms. The van der Waals surface area contributed by atoms with Crippen molar-refractivity contribution in [2.75, 3.05) is 13.1 Å². The predicted octanol–water partition coefficient (Wildman–Crippen LogP) is 8.02. The van der Waals surface area contributed by atoms with Crippen LogP contribution in [0, 0.1) is 11.6 Å². The molecule has 4 unspecified atom stereocenters.